The van der Waals surface area contributed by atoms with Gasteiger partial charge in [0.1, 0.15) is 12.4 Å². The lowest BCUT2D eigenvalue weighted by atomic mass is 10.4. The van der Waals surface area contributed by atoms with Gasteiger partial charge in [-0.25, -0.2) is 4.79 Å². The van der Waals surface area contributed by atoms with Crippen LogP contribution in [0.5, 0.6) is 0 Å². The zero-order valence-corrected chi connectivity index (χ0v) is 13.6. The fourth-order valence-corrected chi connectivity index (χ4v) is 2.37. The standard InChI is InChI=1S/C12H19BrNO3Si/c1-4-17-12(15)10-5-6-11(13)14(10)9-16-7-8-18(2)3/h5-6H,4,7-9H2,1-3H3/q+1. The maximum Gasteiger partial charge on any atom is 0.355 e. The van der Waals surface area contributed by atoms with Gasteiger partial charge in [-0.15, -0.1) is 0 Å². The number of hydrogen-bond acceptors (Lipinski definition) is 3. The molecule has 0 aromatic carbocycles. The predicted octanol–water partition coefficient (Wildman–Crippen LogP) is 3.16. The van der Waals surface area contributed by atoms with Crippen molar-refractivity contribution in [3.8, 4) is 0 Å². The van der Waals surface area contributed by atoms with Gasteiger partial charge in [0.25, 0.3) is 0 Å². The molecule has 0 aliphatic rings. The molecule has 0 spiro atoms. The van der Waals surface area contributed by atoms with E-state index in [2.05, 4.69) is 29.0 Å². The Morgan fingerprint density at radius 1 is 1.44 bits per heavy atom. The number of halogens is 1. The van der Waals surface area contributed by atoms with Crippen molar-refractivity contribution in [2.75, 3.05) is 13.2 Å². The second-order valence-electron chi connectivity index (χ2n) is 4.18. The monoisotopic (exact) mass is 332 g/mol. The zero-order valence-electron chi connectivity index (χ0n) is 11.0. The van der Waals surface area contributed by atoms with Crippen molar-refractivity contribution in [1.29, 1.82) is 0 Å². The minimum Gasteiger partial charge on any atom is -0.461 e. The zero-order chi connectivity index (χ0) is 13.5. The van der Waals surface area contributed by atoms with Gasteiger partial charge in [-0.1, -0.05) is 0 Å². The first-order valence-corrected chi connectivity index (χ1v) is 9.45. The Balaban J connectivity index is 2.58. The third-order valence-electron chi connectivity index (χ3n) is 2.38. The van der Waals surface area contributed by atoms with Gasteiger partial charge in [-0.05, 0) is 35.0 Å². The Hall–Kier alpha value is -0.593. The normalized spacial score (nSPS) is 10.4. The Morgan fingerprint density at radius 2 is 2.17 bits per heavy atom. The van der Waals surface area contributed by atoms with Crippen molar-refractivity contribution in [1.82, 2.24) is 4.57 Å². The second-order valence-corrected chi connectivity index (χ2v) is 7.91. The molecule has 0 atom stereocenters. The van der Waals surface area contributed by atoms with E-state index in [4.69, 9.17) is 9.47 Å². The van der Waals surface area contributed by atoms with Gasteiger partial charge >= 0.3 is 14.8 Å². The topological polar surface area (TPSA) is 40.5 Å². The van der Waals surface area contributed by atoms with Crippen molar-refractivity contribution in [2.24, 2.45) is 0 Å². The van der Waals surface area contributed by atoms with E-state index in [9.17, 15) is 4.79 Å². The predicted molar refractivity (Wildman–Crippen MR) is 76.3 cm³/mol. The number of ether oxygens (including phenoxy) is 2. The third kappa shape index (κ3) is 4.59. The first-order chi connectivity index (χ1) is 8.56. The van der Waals surface area contributed by atoms with Gasteiger partial charge < -0.3 is 14.0 Å². The number of rotatable bonds is 7. The van der Waals surface area contributed by atoms with E-state index in [1.54, 1.807) is 17.6 Å². The Bertz CT molecular complexity index is 393. The first kappa shape index (κ1) is 15.5. The smallest absolute Gasteiger partial charge is 0.355 e. The minimum absolute atomic E-state index is 0.257. The Labute approximate surface area is 118 Å². The van der Waals surface area contributed by atoms with Crippen LogP contribution >= 0.6 is 15.9 Å². The molecule has 0 amide bonds. The molecule has 4 nitrogen and oxygen atoms in total. The summed E-state index contributed by atoms with van der Waals surface area (Å²) in [5.41, 5.74) is 0.516. The molecule has 1 rings (SSSR count). The summed E-state index contributed by atoms with van der Waals surface area (Å²) < 4.78 is 13.2. The average molecular weight is 333 g/mol. The molecule has 100 valence electrons. The summed E-state index contributed by atoms with van der Waals surface area (Å²) in [5.74, 6) is -0.317. The highest BCUT2D eigenvalue weighted by molar-refractivity contribution is 9.10. The van der Waals surface area contributed by atoms with Gasteiger partial charge in [0.15, 0.2) is 0 Å². The molecule has 0 aliphatic heterocycles. The number of carbonyl (C=O) groups is 1. The van der Waals surface area contributed by atoms with Crippen molar-refractivity contribution in [3.05, 3.63) is 22.4 Å². The summed E-state index contributed by atoms with van der Waals surface area (Å²) in [7, 11) is -0.257. The summed E-state index contributed by atoms with van der Waals surface area (Å²) in [6.07, 6.45) is 0. The Morgan fingerprint density at radius 3 is 2.78 bits per heavy atom. The van der Waals surface area contributed by atoms with Crippen molar-refractivity contribution in [2.45, 2.75) is 32.8 Å². The highest BCUT2D eigenvalue weighted by atomic mass is 79.9. The molecular weight excluding hydrogens is 314 g/mol. The molecule has 1 aromatic rings. The number of carbonyl (C=O) groups excluding carboxylic acids is 1. The Kier molecular flexibility index (Phi) is 6.66. The number of aromatic nitrogens is 1. The molecule has 0 saturated heterocycles. The molecule has 0 bridgehead atoms. The number of esters is 1. The van der Waals surface area contributed by atoms with Gasteiger partial charge in [-0.3, -0.25) is 0 Å². The van der Waals surface area contributed by atoms with E-state index in [0.717, 1.165) is 17.3 Å². The largest absolute Gasteiger partial charge is 0.461 e. The molecule has 0 N–H and O–H groups in total. The summed E-state index contributed by atoms with van der Waals surface area (Å²) >= 11 is 3.40. The van der Waals surface area contributed by atoms with E-state index in [0.29, 0.717) is 19.0 Å². The van der Waals surface area contributed by atoms with E-state index in [1.165, 1.54) is 0 Å². The van der Waals surface area contributed by atoms with Crippen molar-refractivity contribution >= 4 is 30.7 Å². The molecule has 0 fully saturated rings. The van der Waals surface area contributed by atoms with E-state index < -0.39 is 0 Å². The van der Waals surface area contributed by atoms with Gasteiger partial charge in [0.05, 0.1) is 37.0 Å². The molecule has 1 aromatic heterocycles. The quantitative estimate of drug-likeness (QED) is 0.437. The van der Waals surface area contributed by atoms with Crippen LogP contribution in [-0.2, 0) is 16.2 Å². The summed E-state index contributed by atoms with van der Waals surface area (Å²) in [6, 6.07) is 4.67. The van der Waals surface area contributed by atoms with Crippen LogP contribution in [0.15, 0.2) is 16.7 Å². The summed E-state index contributed by atoms with van der Waals surface area (Å²) in [4.78, 5) is 11.7. The van der Waals surface area contributed by atoms with Crippen LogP contribution in [0.2, 0.25) is 19.1 Å². The fourth-order valence-electron chi connectivity index (χ4n) is 1.39. The molecule has 0 aliphatic carbocycles. The third-order valence-corrected chi connectivity index (χ3v) is 4.28. The fraction of sp³-hybridized carbons (Fsp3) is 0.583. The maximum absolute atomic E-state index is 11.7. The van der Waals surface area contributed by atoms with Crippen molar-refractivity contribution < 1.29 is 14.3 Å². The van der Waals surface area contributed by atoms with Crippen LogP contribution < -0.4 is 0 Å². The molecule has 1 heterocycles. The van der Waals surface area contributed by atoms with E-state index in [1.807, 2.05) is 6.07 Å². The number of hydrogen-bond donors (Lipinski definition) is 0. The van der Waals surface area contributed by atoms with Gasteiger partial charge in [0.2, 0.25) is 0 Å². The van der Waals surface area contributed by atoms with Gasteiger partial charge in [-0.2, -0.15) is 0 Å². The highest BCUT2D eigenvalue weighted by Gasteiger charge is 2.15. The summed E-state index contributed by atoms with van der Waals surface area (Å²) in [5, 5.41) is 0. The lowest BCUT2D eigenvalue weighted by Crippen LogP contribution is -2.15. The highest BCUT2D eigenvalue weighted by Crippen LogP contribution is 2.17. The lowest BCUT2D eigenvalue weighted by molar-refractivity contribution is 0.0471. The summed E-state index contributed by atoms with van der Waals surface area (Å²) in [6.45, 7) is 7.78. The lowest BCUT2D eigenvalue weighted by Gasteiger charge is -2.10. The molecule has 0 radical (unpaired) electrons. The molecule has 0 unspecified atom stereocenters. The SMILES string of the molecule is CCOC(=O)c1ccc(Br)n1COCC[Si+](C)C. The van der Waals surface area contributed by atoms with Crippen molar-refractivity contribution in [3.63, 3.8) is 0 Å². The number of nitrogens with zero attached hydrogens (tertiary/aromatic N) is 1. The first-order valence-electron chi connectivity index (χ1n) is 5.95. The second kappa shape index (κ2) is 7.76. The molecule has 6 heteroatoms. The van der Waals surface area contributed by atoms with Crippen LogP contribution in [0.1, 0.15) is 17.4 Å². The molecular formula is C12H19BrNO3Si+. The van der Waals surface area contributed by atoms with Crippen LogP contribution in [-0.4, -0.2) is 32.5 Å². The van der Waals surface area contributed by atoms with Crippen LogP contribution in [0, 0.1) is 0 Å². The van der Waals surface area contributed by atoms with Crippen LogP contribution in [0.25, 0.3) is 0 Å². The molecule has 0 saturated carbocycles. The molecule has 18 heavy (non-hydrogen) atoms. The van der Waals surface area contributed by atoms with Crippen LogP contribution in [0.3, 0.4) is 0 Å². The van der Waals surface area contributed by atoms with Gasteiger partial charge in [0, 0.05) is 0 Å². The maximum atomic E-state index is 11.7. The van der Waals surface area contributed by atoms with E-state index in [-0.39, 0.29) is 14.8 Å². The average Bonchev–Trinajstić information content (AvgIpc) is 2.66. The van der Waals surface area contributed by atoms with Crippen LogP contribution in [0.4, 0.5) is 0 Å². The van der Waals surface area contributed by atoms with E-state index >= 15 is 0 Å². The minimum atomic E-state index is -0.317.